The molecule has 4 N–H and O–H groups in total. The molecule has 0 aliphatic rings. The largest absolute Gasteiger partial charge is 0.490 e. The number of nitrogens with two attached hydrogens (primary N) is 1. The maximum Gasteiger partial charge on any atom is 0.327 e. The quantitative estimate of drug-likeness (QED) is 0.510. The SMILES string of the molecule is CCOc1ccc(C(=O)NNC(=O)C(N)=O)cc1OCC. The predicted octanol–water partition coefficient (Wildman–Crippen LogP) is -0.270. The van der Waals surface area contributed by atoms with Gasteiger partial charge in [0.15, 0.2) is 11.5 Å². The van der Waals surface area contributed by atoms with E-state index in [2.05, 4.69) is 5.43 Å². The fraction of sp³-hybridized carbons (Fsp3) is 0.308. The van der Waals surface area contributed by atoms with E-state index in [1.807, 2.05) is 12.3 Å². The average Bonchev–Trinajstić information content (AvgIpc) is 2.46. The van der Waals surface area contributed by atoms with Gasteiger partial charge in [0, 0.05) is 5.56 Å². The molecule has 114 valence electrons. The van der Waals surface area contributed by atoms with Crippen LogP contribution in [0.4, 0.5) is 0 Å². The number of primary amides is 1. The van der Waals surface area contributed by atoms with Crippen LogP contribution in [0.15, 0.2) is 18.2 Å². The van der Waals surface area contributed by atoms with E-state index in [1.165, 1.54) is 12.1 Å². The minimum absolute atomic E-state index is 0.228. The van der Waals surface area contributed by atoms with Crippen molar-refractivity contribution in [3.05, 3.63) is 23.8 Å². The number of hydrogen-bond acceptors (Lipinski definition) is 5. The molecule has 0 aliphatic carbocycles. The molecule has 0 heterocycles. The van der Waals surface area contributed by atoms with E-state index >= 15 is 0 Å². The second-order valence-corrected chi connectivity index (χ2v) is 3.80. The molecular weight excluding hydrogens is 278 g/mol. The molecule has 8 heteroatoms. The third-order valence-corrected chi connectivity index (χ3v) is 2.32. The van der Waals surface area contributed by atoms with Crippen LogP contribution in [0, 0.1) is 0 Å². The topological polar surface area (TPSA) is 120 Å². The Balaban J connectivity index is 2.82. The van der Waals surface area contributed by atoms with Gasteiger partial charge in [0.25, 0.3) is 5.91 Å². The molecule has 0 fully saturated rings. The summed E-state index contributed by atoms with van der Waals surface area (Å²) >= 11 is 0. The molecule has 0 unspecified atom stereocenters. The summed E-state index contributed by atoms with van der Waals surface area (Å²) in [5.74, 6) is -2.00. The van der Waals surface area contributed by atoms with Crippen LogP contribution < -0.4 is 26.1 Å². The summed E-state index contributed by atoms with van der Waals surface area (Å²) in [5.41, 5.74) is 8.92. The number of benzene rings is 1. The summed E-state index contributed by atoms with van der Waals surface area (Å²) < 4.78 is 10.7. The second kappa shape index (κ2) is 7.73. The average molecular weight is 295 g/mol. The molecule has 0 saturated carbocycles. The van der Waals surface area contributed by atoms with E-state index in [0.717, 1.165) is 0 Å². The van der Waals surface area contributed by atoms with E-state index in [4.69, 9.17) is 15.2 Å². The van der Waals surface area contributed by atoms with Gasteiger partial charge in [-0.25, -0.2) is 0 Å². The first kappa shape index (κ1) is 16.3. The van der Waals surface area contributed by atoms with E-state index in [1.54, 1.807) is 13.0 Å². The Hall–Kier alpha value is -2.77. The number of carbonyl (C=O) groups is 3. The van der Waals surface area contributed by atoms with Gasteiger partial charge in [0.1, 0.15) is 0 Å². The normalized spacial score (nSPS) is 9.62. The minimum Gasteiger partial charge on any atom is -0.490 e. The zero-order valence-corrected chi connectivity index (χ0v) is 11.8. The molecule has 3 amide bonds. The van der Waals surface area contributed by atoms with Crippen molar-refractivity contribution in [2.75, 3.05) is 13.2 Å². The molecule has 21 heavy (non-hydrogen) atoms. The molecule has 8 nitrogen and oxygen atoms in total. The number of amides is 3. The summed E-state index contributed by atoms with van der Waals surface area (Å²) in [4.78, 5) is 33.3. The van der Waals surface area contributed by atoms with Gasteiger partial charge < -0.3 is 15.2 Å². The van der Waals surface area contributed by atoms with Gasteiger partial charge in [-0.15, -0.1) is 0 Å². The van der Waals surface area contributed by atoms with Crippen molar-refractivity contribution >= 4 is 17.7 Å². The predicted molar refractivity (Wildman–Crippen MR) is 73.6 cm³/mol. The molecular formula is C13H17N3O5. The van der Waals surface area contributed by atoms with Gasteiger partial charge in [0.05, 0.1) is 13.2 Å². The summed E-state index contributed by atoms with van der Waals surface area (Å²) in [5, 5.41) is 0. The number of hydrogen-bond donors (Lipinski definition) is 3. The summed E-state index contributed by atoms with van der Waals surface area (Å²) in [6.45, 7) is 4.50. The van der Waals surface area contributed by atoms with Crippen molar-refractivity contribution in [3.63, 3.8) is 0 Å². The number of hydrazine groups is 1. The van der Waals surface area contributed by atoms with Crippen LogP contribution in [0.25, 0.3) is 0 Å². The Kier molecular flexibility index (Phi) is 5.99. The first-order valence-electron chi connectivity index (χ1n) is 6.29. The van der Waals surface area contributed by atoms with Crippen LogP contribution >= 0.6 is 0 Å². The molecule has 0 bridgehead atoms. The van der Waals surface area contributed by atoms with Crippen molar-refractivity contribution in [2.45, 2.75) is 13.8 Å². The summed E-state index contributed by atoms with van der Waals surface area (Å²) in [6, 6.07) is 4.55. The molecule has 0 atom stereocenters. The number of rotatable bonds is 5. The van der Waals surface area contributed by atoms with Crippen LogP contribution in [-0.2, 0) is 9.59 Å². The smallest absolute Gasteiger partial charge is 0.327 e. The van der Waals surface area contributed by atoms with Crippen LogP contribution in [-0.4, -0.2) is 30.9 Å². The van der Waals surface area contributed by atoms with Crippen molar-refractivity contribution in [2.24, 2.45) is 5.73 Å². The lowest BCUT2D eigenvalue weighted by atomic mass is 10.2. The van der Waals surface area contributed by atoms with Gasteiger partial charge in [-0.3, -0.25) is 25.2 Å². The Morgan fingerprint density at radius 1 is 1.05 bits per heavy atom. The highest BCUT2D eigenvalue weighted by Gasteiger charge is 2.13. The third kappa shape index (κ3) is 4.68. The molecule has 0 spiro atoms. The molecule has 0 radical (unpaired) electrons. The van der Waals surface area contributed by atoms with Crippen LogP contribution in [0.1, 0.15) is 24.2 Å². The lowest BCUT2D eigenvalue weighted by Crippen LogP contribution is -2.47. The van der Waals surface area contributed by atoms with Crippen molar-refractivity contribution in [1.29, 1.82) is 0 Å². The summed E-state index contributed by atoms with van der Waals surface area (Å²) in [6.07, 6.45) is 0. The number of nitrogens with one attached hydrogen (secondary N) is 2. The zero-order chi connectivity index (χ0) is 15.8. The number of carbonyl (C=O) groups excluding carboxylic acids is 3. The Labute approximate surface area is 121 Å². The van der Waals surface area contributed by atoms with E-state index < -0.39 is 17.7 Å². The van der Waals surface area contributed by atoms with Crippen molar-refractivity contribution in [1.82, 2.24) is 10.9 Å². The minimum atomic E-state index is -1.20. The highest BCUT2D eigenvalue weighted by atomic mass is 16.5. The van der Waals surface area contributed by atoms with Crippen LogP contribution in [0.3, 0.4) is 0 Å². The highest BCUT2D eigenvalue weighted by Crippen LogP contribution is 2.28. The fourth-order valence-electron chi connectivity index (χ4n) is 1.44. The maximum absolute atomic E-state index is 11.8. The lowest BCUT2D eigenvalue weighted by molar-refractivity contribution is -0.137. The van der Waals surface area contributed by atoms with Crippen molar-refractivity contribution in [3.8, 4) is 11.5 Å². The van der Waals surface area contributed by atoms with Gasteiger partial charge in [-0.05, 0) is 32.0 Å². The Morgan fingerprint density at radius 3 is 2.24 bits per heavy atom. The molecule has 0 saturated heterocycles. The second-order valence-electron chi connectivity index (χ2n) is 3.80. The first-order valence-corrected chi connectivity index (χ1v) is 6.29. The molecule has 1 aromatic carbocycles. The van der Waals surface area contributed by atoms with Crippen molar-refractivity contribution < 1.29 is 23.9 Å². The maximum atomic E-state index is 11.8. The molecule has 1 rings (SSSR count). The fourth-order valence-corrected chi connectivity index (χ4v) is 1.44. The standard InChI is InChI=1S/C13H17N3O5/c1-3-20-9-6-5-8(7-10(9)21-4-2)12(18)15-16-13(19)11(14)17/h5-7H,3-4H2,1-2H3,(H2,14,17)(H,15,18)(H,16,19). The van der Waals surface area contributed by atoms with E-state index in [9.17, 15) is 14.4 Å². The zero-order valence-electron chi connectivity index (χ0n) is 11.8. The van der Waals surface area contributed by atoms with E-state index in [-0.39, 0.29) is 5.56 Å². The molecule has 0 aromatic heterocycles. The Morgan fingerprint density at radius 2 is 1.67 bits per heavy atom. The molecule has 1 aromatic rings. The first-order chi connectivity index (χ1) is 9.99. The van der Waals surface area contributed by atoms with Gasteiger partial charge in [-0.1, -0.05) is 0 Å². The third-order valence-electron chi connectivity index (χ3n) is 2.32. The van der Waals surface area contributed by atoms with E-state index in [0.29, 0.717) is 24.7 Å². The van der Waals surface area contributed by atoms with Gasteiger partial charge in [-0.2, -0.15) is 0 Å². The number of ether oxygens (including phenoxy) is 2. The monoisotopic (exact) mass is 295 g/mol. The van der Waals surface area contributed by atoms with Crippen LogP contribution in [0.5, 0.6) is 11.5 Å². The van der Waals surface area contributed by atoms with Crippen LogP contribution in [0.2, 0.25) is 0 Å². The Bertz CT molecular complexity index is 545. The van der Waals surface area contributed by atoms with Gasteiger partial charge >= 0.3 is 11.8 Å². The molecule has 0 aliphatic heterocycles. The van der Waals surface area contributed by atoms with Gasteiger partial charge in [0.2, 0.25) is 0 Å². The highest BCUT2D eigenvalue weighted by molar-refractivity contribution is 6.34. The summed E-state index contributed by atoms with van der Waals surface area (Å²) in [7, 11) is 0. The lowest BCUT2D eigenvalue weighted by Gasteiger charge is -2.12.